The van der Waals surface area contributed by atoms with Crippen LogP contribution in [0.2, 0.25) is 0 Å². The van der Waals surface area contributed by atoms with Crippen LogP contribution in [-0.4, -0.2) is 31.5 Å². The minimum absolute atomic E-state index is 0.00288. The average Bonchev–Trinajstić information content (AvgIpc) is 2.42. The van der Waals surface area contributed by atoms with Crippen molar-refractivity contribution in [2.45, 2.75) is 19.3 Å². The molecule has 0 aliphatic rings. The summed E-state index contributed by atoms with van der Waals surface area (Å²) < 4.78 is 27.0. The van der Waals surface area contributed by atoms with Crippen LogP contribution in [0.25, 0.3) is 0 Å². The Morgan fingerprint density at radius 3 is 2.40 bits per heavy atom. The summed E-state index contributed by atoms with van der Waals surface area (Å²) in [7, 11) is 1.43. The molecule has 20 heavy (non-hydrogen) atoms. The summed E-state index contributed by atoms with van der Waals surface area (Å²) in [6.45, 7) is 0.518. The topological polar surface area (TPSA) is 41.1 Å². The van der Waals surface area contributed by atoms with Gasteiger partial charge in [0, 0.05) is 19.2 Å². The van der Waals surface area contributed by atoms with Crippen molar-refractivity contribution in [1.29, 1.82) is 0 Å². The maximum atomic E-state index is 13.5. The number of carbonyl (C=O) groups is 1. The molecule has 0 bridgehead atoms. The van der Waals surface area contributed by atoms with Crippen LogP contribution in [0.4, 0.5) is 14.5 Å². The summed E-state index contributed by atoms with van der Waals surface area (Å²) in [5, 5.41) is 5.09. The summed E-state index contributed by atoms with van der Waals surface area (Å²) in [5.41, 5.74) is -0.221. The Morgan fingerprint density at radius 1 is 1.20 bits per heavy atom. The minimum atomic E-state index is -0.766. The second-order valence-electron chi connectivity index (χ2n) is 4.37. The second kappa shape index (κ2) is 8.79. The van der Waals surface area contributed by atoms with Crippen molar-refractivity contribution >= 4 is 23.4 Å². The molecule has 0 fully saturated rings. The second-order valence-corrected chi connectivity index (χ2v) is 5.36. The van der Waals surface area contributed by atoms with E-state index in [1.54, 1.807) is 11.8 Å². The number of carbonyl (C=O) groups excluding carboxylic acids is 1. The molecule has 1 rings (SSSR count). The molecule has 0 spiro atoms. The molecule has 112 valence electrons. The van der Waals surface area contributed by atoms with E-state index in [1.807, 2.05) is 0 Å². The average molecular weight is 302 g/mol. The van der Waals surface area contributed by atoms with Gasteiger partial charge in [0.2, 0.25) is 0 Å². The Morgan fingerprint density at radius 2 is 1.85 bits per heavy atom. The number of nitrogens with one attached hydrogen (secondary N) is 2. The van der Waals surface area contributed by atoms with E-state index in [1.165, 1.54) is 7.05 Å². The van der Waals surface area contributed by atoms with E-state index < -0.39 is 17.5 Å². The zero-order valence-electron chi connectivity index (χ0n) is 11.8. The molecule has 2 N–H and O–H groups in total. The van der Waals surface area contributed by atoms with Crippen LogP contribution in [0, 0.1) is 11.6 Å². The first kappa shape index (κ1) is 16.8. The molecule has 0 saturated carbocycles. The highest BCUT2D eigenvalue weighted by molar-refractivity contribution is 7.98. The number of amides is 1. The van der Waals surface area contributed by atoms with Gasteiger partial charge in [0.25, 0.3) is 5.91 Å². The van der Waals surface area contributed by atoms with Crippen LogP contribution in [0.5, 0.6) is 0 Å². The van der Waals surface area contributed by atoms with Gasteiger partial charge in [0.1, 0.15) is 17.3 Å². The molecule has 0 radical (unpaired) electrons. The lowest BCUT2D eigenvalue weighted by Gasteiger charge is -2.08. The molecule has 6 heteroatoms. The number of benzene rings is 1. The Bertz CT molecular complexity index is 432. The highest BCUT2D eigenvalue weighted by atomic mass is 32.2. The predicted molar refractivity (Wildman–Crippen MR) is 80.5 cm³/mol. The first-order valence-corrected chi connectivity index (χ1v) is 7.93. The molecule has 3 nitrogen and oxygen atoms in total. The van der Waals surface area contributed by atoms with E-state index in [0.29, 0.717) is 6.54 Å². The third-order valence-electron chi connectivity index (χ3n) is 2.87. The summed E-state index contributed by atoms with van der Waals surface area (Å²) >= 11 is 1.79. The fourth-order valence-corrected chi connectivity index (χ4v) is 2.29. The Kier molecular flexibility index (Phi) is 7.36. The molecule has 0 saturated heterocycles. The van der Waals surface area contributed by atoms with Crippen molar-refractivity contribution in [3.05, 3.63) is 29.3 Å². The molecule has 1 aromatic rings. The lowest BCUT2D eigenvalue weighted by molar-refractivity contribution is 0.0952. The first-order chi connectivity index (χ1) is 9.60. The van der Waals surface area contributed by atoms with Gasteiger partial charge in [-0.05, 0) is 37.0 Å². The molecular formula is C14H20F2N2OS. The number of hydrogen-bond acceptors (Lipinski definition) is 3. The standard InChI is InChI=1S/C14H20F2N2OS/c1-17-13-11(15)8-10(9-12(13)16)14(19)18-6-4-3-5-7-20-2/h8-9,17H,3-7H2,1-2H3,(H,18,19). The molecule has 0 unspecified atom stereocenters. The SMILES string of the molecule is CNc1c(F)cc(C(=O)NCCCCCSC)cc1F. The summed E-state index contributed by atoms with van der Waals surface area (Å²) in [5.74, 6) is -0.874. The van der Waals surface area contributed by atoms with Crippen molar-refractivity contribution in [2.75, 3.05) is 30.9 Å². The van der Waals surface area contributed by atoms with E-state index in [2.05, 4.69) is 16.9 Å². The van der Waals surface area contributed by atoms with Crippen LogP contribution in [0.3, 0.4) is 0 Å². The molecule has 0 aromatic heterocycles. The van der Waals surface area contributed by atoms with Gasteiger partial charge in [-0.2, -0.15) is 11.8 Å². The predicted octanol–water partition coefficient (Wildman–Crippen LogP) is 3.27. The van der Waals surface area contributed by atoms with E-state index in [-0.39, 0.29) is 11.3 Å². The van der Waals surface area contributed by atoms with Gasteiger partial charge in [0.05, 0.1) is 0 Å². The molecule has 0 aliphatic carbocycles. The Hall–Kier alpha value is -1.30. The van der Waals surface area contributed by atoms with Crippen molar-refractivity contribution in [3.8, 4) is 0 Å². The number of anilines is 1. The van der Waals surface area contributed by atoms with Gasteiger partial charge in [0.15, 0.2) is 0 Å². The van der Waals surface area contributed by atoms with E-state index in [9.17, 15) is 13.6 Å². The fraction of sp³-hybridized carbons (Fsp3) is 0.500. The maximum absolute atomic E-state index is 13.5. The van der Waals surface area contributed by atoms with E-state index in [4.69, 9.17) is 0 Å². The molecule has 1 aromatic carbocycles. The first-order valence-electron chi connectivity index (χ1n) is 6.54. The van der Waals surface area contributed by atoms with Gasteiger partial charge in [-0.3, -0.25) is 4.79 Å². The van der Waals surface area contributed by atoms with Gasteiger partial charge >= 0.3 is 0 Å². The summed E-state index contributed by atoms with van der Waals surface area (Å²) in [4.78, 5) is 11.8. The number of halogens is 2. The Balaban J connectivity index is 2.48. The highest BCUT2D eigenvalue weighted by Gasteiger charge is 2.13. The zero-order chi connectivity index (χ0) is 15.0. The monoisotopic (exact) mass is 302 g/mol. The lowest BCUT2D eigenvalue weighted by Crippen LogP contribution is -2.24. The minimum Gasteiger partial charge on any atom is -0.383 e. The van der Waals surface area contributed by atoms with E-state index >= 15 is 0 Å². The molecule has 0 aliphatic heterocycles. The summed E-state index contributed by atoms with van der Waals surface area (Å²) in [6.07, 6.45) is 5.06. The van der Waals surface area contributed by atoms with Crippen LogP contribution < -0.4 is 10.6 Å². The third-order valence-corrected chi connectivity index (χ3v) is 3.56. The van der Waals surface area contributed by atoms with Gasteiger partial charge in [-0.15, -0.1) is 0 Å². The quantitative estimate of drug-likeness (QED) is 0.724. The van der Waals surface area contributed by atoms with E-state index in [0.717, 1.165) is 37.1 Å². The normalized spacial score (nSPS) is 10.4. The smallest absolute Gasteiger partial charge is 0.251 e. The van der Waals surface area contributed by atoms with Crippen LogP contribution in [0.1, 0.15) is 29.6 Å². The third kappa shape index (κ3) is 5.00. The Labute approximate surface area is 122 Å². The highest BCUT2D eigenvalue weighted by Crippen LogP contribution is 2.20. The van der Waals surface area contributed by atoms with Crippen LogP contribution in [-0.2, 0) is 0 Å². The van der Waals surface area contributed by atoms with Crippen molar-refractivity contribution < 1.29 is 13.6 Å². The summed E-state index contributed by atoms with van der Waals surface area (Å²) in [6, 6.07) is 2.08. The number of unbranched alkanes of at least 4 members (excludes halogenated alkanes) is 2. The molecule has 0 heterocycles. The van der Waals surface area contributed by atoms with Gasteiger partial charge in [-0.25, -0.2) is 8.78 Å². The largest absolute Gasteiger partial charge is 0.383 e. The van der Waals surface area contributed by atoms with Crippen molar-refractivity contribution in [3.63, 3.8) is 0 Å². The molecular weight excluding hydrogens is 282 g/mol. The molecule has 0 atom stereocenters. The fourth-order valence-electron chi connectivity index (χ4n) is 1.80. The molecule has 1 amide bonds. The number of rotatable bonds is 8. The van der Waals surface area contributed by atoms with Crippen molar-refractivity contribution in [2.24, 2.45) is 0 Å². The van der Waals surface area contributed by atoms with Gasteiger partial charge < -0.3 is 10.6 Å². The number of hydrogen-bond donors (Lipinski definition) is 2. The van der Waals surface area contributed by atoms with Crippen LogP contribution in [0.15, 0.2) is 12.1 Å². The number of thioether (sulfide) groups is 1. The maximum Gasteiger partial charge on any atom is 0.251 e. The van der Waals surface area contributed by atoms with Crippen molar-refractivity contribution in [1.82, 2.24) is 5.32 Å². The van der Waals surface area contributed by atoms with Gasteiger partial charge in [-0.1, -0.05) is 6.42 Å². The lowest BCUT2D eigenvalue weighted by atomic mass is 10.1. The van der Waals surface area contributed by atoms with Crippen LogP contribution >= 0.6 is 11.8 Å². The zero-order valence-corrected chi connectivity index (χ0v) is 12.6.